The van der Waals surface area contributed by atoms with Gasteiger partial charge in [-0.3, -0.25) is 0 Å². The number of nitrogens with zero attached hydrogens (tertiary/aromatic N) is 1. The standard InChI is InChI=1S/C19H22N.ClHO4/c1-14(2)20-15(3)19(4,16-10-6-5-7-11-16)17-12-8-9-13-18(17)20;2-1(3,4)5/h5-14H,1-4H3;(H,2,3,4,5)/q+1;/p-1. The summed E-state index contributed by atoms with van der Waals surface area (Å²) in [6.07, 6.45) is 0. The minimum Gasteiger partial charge on any atom is -0.222 e. The quantitative estimate of drug-likeness (QED) is 0.688. The molecule has 1 aliphatic rings. The molecule has 0 aliphatic carbocycles. The van der Waals surface area contributed by atoms with Crippen molar-refractivity contribution in [2.24, 2.45) is 0 Å². The van der Waals surface area contributed by atoms with Crippen LogP contribution >= 0.6 is 0 Å². The maximum atomic E-state index is 8.49. The Labute approximate surface area is 150 Å². The molecule has 1 heterocycles. The molecule has 1 atom stereocenters. The molecule has 2 aromatic rings. The lowest BCUT2D eigenvalue weighted by Gasteiger charge is -2.23. The van der Waals surface area contributed by atoms with Gasteiger partial charge >= 0.3 is 0 Å². The van der Waals surface area contributed by atoms with Gasteiger partial charge in [0.25, 0.3) is 0 Å². The molecule has 25 heavy (non-hydrogen) atoms. The average molecular weight is 364 g/mol. The molecule has 2 aromatic carbocycles. The Bertz CT molecular complexity index is 762. The molecule has 134 valence electrons. The van der Waals surface area contributed by atoms with Crippen LogP contribution in [-0.4, -0.2) is 16.3 Å². The second kappa shape index (κ2) is 7.23. The molecule has 0 fully saturated rings. The third-order valence-electron chi connectivity index (χ3n) is 4.65. The Morgan fingerprint density at radius 3 is 1.88 bits per heavy atom. The molecular weight excluding hydrogens is 342 g/mol. The van der Waals surface area contributed by atoms with Crippen LogP contribution in [0.3, 0.4) is 0 Å². The summed E-state index contributed by atoms with van der Waals surface area (Å²) in [5, 5.41) is 0. The second-order valence-electron chi connectivity index (χ2n) is 6.44. The molecule has 0 N–H and O–H groups in total. The fourth-order valence-electron chi connectivity index (χ4n) is 3.52. The second-order valence-corrected chi connectivity index (χ2v) is 7.19. The number of fused-ring (bicyclic) bond motifs is 1. The van der Waals surface area contributed by atoms with Crippen molar-refractivity contribution >= 4 is 11.4 Å². The average Bonchev–Trinajstić information content (AvgIpc) is 2.76. The molecule has 0 saturated heterocycles. The summed E-state index contributed by atoms with van der Waals surface area (Å²) in [6.45, 7) is 9.14. The zero-order chi connectivity index (χ0) is 18.8. The van der Waals surface area contributed by atoms with Gasteiger partial charge in [-0.15, -0.1) is 10.2 Å². The highest BCUT2D eigenvalue weighted by Gasteiger charge is 2.48. The molecule has 0 aromatic heterocycles. The number of hydrogen-bond donors (Lipinski definition) is 0. The van der Waals surface area contributed by atoms with Gasteiger partial charge in [-0.1, -0.05) is 48.5 Å². The van der Waals surface area contributed by atoms with Gasteiger partial charge in [0.2, 0.25) is 5.69 Å². The topological polar surface area (TPSA) is 95.2 Å². The predicted molar refractivity (Wildman–Crippen MR) is 85.1 cm³/mol. The Morgan fingerprint density at radius 2 is 1.36 bits per heavy atom. The van der Waals surface area contributed by atoms with Gasteiger partial charge in [0.15, 0.2) is 11.8 Å². The van der Waals surface area contributed by atoms with E-state index in [1.807, 2.05) is 0 Å². The van der Waals surface area contributed by atoms with Gasteiger partial charge < -0.3 is 0 Å². The Morgan fingerprint density at radius 1 is 0.880 bits per heavy atom. The van der Waals surface area contributed by atoms with Gasteiger partial charge in [-0.2, -0.15) is 4.58 Å². The Hall–Kier alpha value is -1.76. The highest BCUT2D eigenvalue weighted by molar-refractivity contribution is 5.97. The first-order valence-corrected chi connectivity index (χ1v) is 9.20. The zero-order valence-electron chi connectivity index (χ0n) is 14.7. The van der Waals surface area contributed by atoms with Crippen molar-refractivity contribution in [1.29, 1.82) is 0 Å². The number of hydrogen-bond acceptors (Lipinski definition) is 4. The molecule has 0 spiro atoms. The lowest BCUT2D eigenvalue weighted by atomic mass is 9.74. The van der Waals surface area contributed by atoms with Crippen molar-refractivity contribution in [3.05, 3.63) is 65.7 Å². The van der Waals surface area contributed by atoms with Crippen LogP contribution in [0.15, 0.2) is 54.6 Å². The first-order chi connectivity index (χ1) is 11.6. The molecule has 0 radical (unpaired) electrons. The van der Waals surface area contributed by atoms with Crippen molar-refractivity contribution < 1.29 is 33.5 Å². The number of benzene rings is 2. The van der Waals surface area contributed by atoms with Gasteiger partial charge in [0, 0.05) is 18.6 Å². The van der Waals surface area contributed by atoms with Gasteiger partial charge in [0.1, 0.15) is 5.41 Å². The van der Waals surface area contributed by atoms with Crippen LogP contribution in [0.2, 0.25) is 0 Å². The van der Waals surface area contributed by atoms with Gasteiger partial charge in [-0.25, -0.2) is 18.6 Å². The van der Waals surface area contributed by atoms with E-state index in [0.29, 0.717) is 6.04 Å². The third kappa shape index (κ3) is 4.08. The summed E-state index contributed by atoms with van der Waals surface area (Å²) in [5.74, 6) is 0. The van der Waals surface area contributed by atoms with Crippen LogP contribution in [0, 0.1) is 10.2 Å². The minimum absolute atomic E-state index is 0.0257. The number of rotatable bonds is 2. The van der Waals surface area contributed by atoms with E-state index in [4.69, 9.17) is 18.6 Å². The molecule has 3 rings (SSSR count). The van der Waals surface area contributed by atoms with Crippen LogP contribution < -0.4 is 18.6 Å². The first-order valence-electron chi connectivity index (χ1n) is 7.97. The molecule has 1 aliphatic heterocycles. The van der Waals surface area contributed by atoms with Gasteiger partial charge in [-0.05, 0) is 26.3 Å². The van der Waals surface area contributed by atoms with E-state index >= 15 is 0 Å². The summed E-state index contributed by atoms with van der Waals surface area (Å²) in [7, 11) is -4.94. The highest BCUT2D eigenvalue weighted by Crippen LogP contribution is 2.44. The first kappa shape index (κ1) is 19.6. The Balaban J connectivity index is 0.000000399. The van der Waals surface area contributed by atoms with Crippen LogP contribution in [0.25, 0.3) is 0 Å². The maximum Gasteiger partial charge on any atom is 0.210 e. The number of halogens is 1. The molecule has 5 nitrogen and oxygen atoms in total. The van der Waals surface area contributed by atoms with Crippen molar-refractivity contribution in [1.82, 2.24) is 0 Å². The molecule has 0 saturated carbocycles. The highest BCUT2D eigenvalue weighted by atomic mass is 35.7. The van der Waals surface area contributed by atoms with Crippen molar-refractivity contribution in [3.8, 4) is 0 Å². The molecule has 0 amide bonds. The van der Waals surface area contributed by atoms with Crippen LogP contribution in [0.4, 0.5) is 5.69 Å². The summed E-state index contributed by atoms with van der Waals surface area (Å²) in [6, 6.07) is 20.1. The maximum absolute atomic E-state index is 8.49. The number of para-hydroxylation sites is 1. The predicted octanol–water partition coefficient (Wildman–Crippen LogP) is -0.236. The molecule has 1 unspecified atom stereocenters. The minimum atomic E-state index is -4.94. The summed E-state index contributed by atoms with van der Waals surface area (Å²) < 4.78 is 36.4. The van der Waals surface area contributed by atoms with Crippen molar-refractivity contribution in [3.63, 3.8) is 0 Å². The van der Waals surface area contributed by atoms with E-state index in [-0.39, 0.29) is 5.41 Å². The third-order valence-corrected chi connectivity index (χ3v) is 4.65. The summed E-state index contributed by atoms with van der Waals surface area (Å²) in [5.41, 5.74) is 5.53. The van der Waals surface area contributed by atoms with Crippen molar-refractivity contribution in [2.75, 3.05) is 0 Å². The van der Waals surface area contributed by atoms with E-state index in [9.17, 15) is 0 Å². The Kier molecular flexibility index (Phi) is 5.66. The molecule has 0 bridgehead atoms. The van der Waals surface area contributed by atoms with Crippen molar-refractivity contribution in [2.45, 2.75) is 39.2 Å². The van der Waals surface area contributed by atoms with E-state index in [2.05, 4.69) is 86.9 Å². The fraction of sp³-hybridized carbons (Fsp3) is 0.316. The smallest absolute Gasteiger partial charge is 0.210 e. The van der Waals surface area contributed by atoms with E-state index in [0.717, 1.165) is 0 Å². The van der Waals surface area contributed by atoms with Crippen LogP contribution in [0.5, 0.6) is 0 Å². The normalized spacial score (nSPS) is 19.6. The lowest BCUT2D eigenvalue weighted by Crippen LogP contribution is -2.68. The monoisotopic (exact) mass is 363 g/mol. The summed E-state index contributed by atoms with van der Waals surface area (Å²) >= 11 is 0. The van der Waals surface area contributed by atoms with E-state index < -0.39 is 10.2 Å². The van der Waals surface area contributed by atoms with Crippen LogP contribution in [0.1, 0.15) is 38.8 Å². The lowest BCUT2D eigenvalue weighted by molar-refractivity contribution is -2.00. The van der Waals surface area contributed by atoms with E-state index in [1.54, 1.807) is 0 Å². The van der Waals surface area contributed by atoms with E-state index in [1.165, 1.54) is 22.5 Å². The fourth-order valence-corrected chi connectivity index (χ4v) is 3.52. The molecule has 6 heteroatoms. The van der Waals surface area contributed by atoms with Gasteiger partial charge in [0.05, 0.1) is 0 Å². The SMILES string of the molecule is CC1=[N+](C(C)C)c2ccccc2C1(C)c1ccccc1.[O-][Cl+3]([O-])([O-])[O-]. The van der Waals surface area contributed by atoms with Crippen LogP contribution in [-0.2, 0) is 5.41 Å². The summed E-state index contributed by atoms with van der Waals surface area (Å²) in [4.78, 5) is 0. The molecular formula is C19H22ClNO4. The zero-order valence-corrected chi connectivity index (χ0v) is 15.5. The largest absolute Gasteiger partial charge is 0.222 e.